The predicted octanol–water partition coefficient (Wildman–Crippen LogP) is 6.12. The van der Waals surface area contributed by atoms with Gasteiger partial charge in [0.2, 0.25) is 0 Å². The highest BCUT2D eigenvalue weighted by Gasteiger charge is 2.34. The van der Waals surface area contributed by atoms with Gasteiger partial charge in [-0.1, -0.05) is 18.2 Å². The van der Waals surface area contributed by atoms with Gasteiger partial charge < -0.3 is 64.3 Å². The van der Waals surface area contributed by atoms with E-state index < -0.39 is 6.04 Å². The van der Waals surface area contributed by atoms with Gasteiger partial charge in [0.15, 0.2) is 17.3 Å². The molecule has 3 atom stereocenters. The van der Waals surface area contributed by atoms with Gasteiger partial charge in [-0.15, -0.1) is 0 Å². The lowest BCUT2D eigenvalue weighted by Crippen LogP contribution is -2.51. The molecule has 3 aliphatic heterocycles. The van der Waals surface area contributed by atoms with Crippen molar-refractivity contribution in [2.75, 3.05) is 70.8 Å². The molecule has 23 heteroatoms. The third kappa shape index (κ3) is 16.5. The van der Waals surface area contributed by atoms with Crippen LogP contribution in [0.15, 0.2) is 110 Å². The Labute approximate surface area is 496 Å². The fraction of sp³-hybridized carbons (Fsp3) is 0.371. The number of morpholine rings is 1. The van der Waals surface area contributed by atoms with Crippen molar-refractivity contribution < 1.29 is 78.4 Å². The van der Waals surface area contributed by atoms with Crippen LogP contribution in [0.4, 0.5) is 0 Å². The minimum atomic E-state index is -0.393. The molecular formula is C62H70N6O16S. The number of phenolic OH excluding ortho intramolecular Hbond substituents is 3. The molecule has 3 aromatic heterocycles. The van der Waals surface area contributed by atoms with E-state index in [4.69, 9.17) is 18.9 Å². The maximum absolute atomic E-state index is 13.2. The number of phenols is 3. The average Bonchev–Trinajstić information content (AvgIpc) is 3.67. The summed E-state index contributed by atoms with van der Waals surface area (Å²) in [6.07, 6.45) is 7.63. The van der Waals surface area contributed by atoms with Crippen molar-refractivity contribution in [1.82, 2.24) is 29.7 Å². The second-order valence-corrected chi connectivity index (χ2v) is 21.1. The Bertz CT molecular complexity index is 3170. The molecule has 6 N–H and O–H groups in total. The number of carbonyl (C=O) groups is 6. The number of nitrogens with zero attached hydrogens (tertiary/aromatic N) is 6. The summed E-state index contributed by atoms with van der Waals surface area (Å²) < 4.78 is 23.0. The molecule has 3 amide bonds. The van der Waals surface area contributed by atoms with E-state index in [-0.39, 0.29) is 133 Å². The van der Waals surface area contributed by atoms with Crippen LogP contribution in [0.2, 0.25) is 0 Å². The molecule has 6 aromatic rings. The van der Waals surface area contributed by atoms with Crippen LogP contribution in [0.25, 0.3) is 0 Å². The molecule has 450 valence electrons. The smallest absolute Gasteiger partial charge is 0.256 e. The Morgan fingerprint density at radius 1 is 0.529 bits per heavy atom. The second-order valence-electron chi connectivity index (χ2n) is 19.9. The fourth-order valence-electron chi connectivity index (χ4n) is 10.0. The van der Waals surface area contributed by atoms with Crippen molar-refractivity contribution in [3.63, 3.8) is 0 Å². The van der Waals surface area contributed by atoms with Crippen molar-refractivity contribution in [2.45, 2.75) is 77.8 Å². The van der Waals surface area contributed by atoms with Gasteiger partial charge in [0.1, 0.15) is 71.0 Å². The van der Waals surface area contributed by atoms with Gasteiger partial charge in [0.25, 0.3) is 17.7 Å². The highest BCUT2D eigenvalue weighted by molar-refractivity contribution is 7.99. The van der Waals surface area contributed by atoms with Gasteiger partial charge in [-0.25, -0.2) is 0 Å². The fourth-order valence-corrected chi connectivity index (χ4v) is 11.1. The number of pyridine rings is 3. The van der Waals surface area contributed by atoms with Crippen molar-refractivity contribution in [3.8, 4) is 34.5 Å². The minimum Gasteiger partial charge on any atom is -0.507 e. The summed E-state index contributed by atoms with van der Waals surface area (Å²) in [6.45, 7) is 6.08. The number of Topliss-reactive ketones (excluding diaryl/α,β-unsaturated/α-hetero) is 3. The standard InChI is InChI=1S/C21H24N2O5S.C21H24N2O5.C20H22N2O6/c1-14(25)20-18(26)5-2-6-19(20)28-12-15-13-29-11-9-23(15)21(27)16-4-3-8-22-17(16)7-10-24;1-14(25)20-18(26)8-4-9-19(20)28-13-15-6-2-3-11-23(15)21(27)16-7-5-10-22-17(16)12-24;1-13(24)19-17(25)5-2-6-18(19)28-12-14-11-27-9-8-22(14)20(26)15-4-3-7-21-16(15)10-23/h2-6,8,15,24,26H,7,9-13H2,1H3;4-5,7-10,15,24,26H,2-3,6,11-13H2,1H3;2-7,14,23,25H,8-12H2,1H3/t2*15-;14-/m000/s1. The van der Waals surface area contributed by atoms with E-state index in [0.717, 1.165) is 25.0 Å². The first-order valence-corrected chi connectivity index (χ1v) is 28.8. The van der Waals surface area contributed by atoms with E-state index in [0.29, 0.717) is 83.7 Å². The van der Waals surface area contributed by atoms with Crippen LogP contribution in [0.5, 0.6) is 34.5 Å². The van der Waals surface area contributed by atoms with E-state index in [1.807, 2.05) is 0 Å². The first-order valence-electron chi connectivity index (χ1n) is 27.7. The number of hydrogen-bond acceptors (Lipinski definition) is 20. The number of aliphatic hydroxyl groups is 3. The van der Waals surface area contributed by atoms with Gasteiger partial charge in [-0.3, -0.25) is 43.7 Å². The van der Waals surface area contributed by atoms with Crippen LogP contribution in [0.3, 0.4) is 0 Å². The molecule has 22 nitrogen and oxygen atoms in total. The van der Waals surface area contributed by atoms with Gasteiger partial charge in [-0.2, -0.15) is 11.8 Å². The Balaban J connectivity index is 0.000000183. The Kier molecular flexibility index (Phi) is 23.7. The summed E-state index contributed by atoms with van der Waals surface area (Å²) in [7, 11) is 0. The lowest BCUT2D eigenvalue weighted by atomic mass is 10.0. The number of thioether (sulfide) groups is 1. The molecule has 0 spiro atoms. The number of ether oxygens (including phenoxy) is 4. The number of rotatable bonds is 19. The summed E-state index contributed by atoms with van der Waals surface area (Å²) in [5.41, 5.74) is 2.83. The Hall–Kier alpha value is -8.48. The zero-order valence-electron chi connectivity index (χ0n) is 47.5. The number of carbonyl (C=O) groups excluding carboxylic acids is 6. The predicted molar refractivity (Wildman–Crippen MR) is 313 cm³/mol. The summed E-state index contributed by atoms with van der Waals surface area (Å²) >= 11 is 1.74. The molecule has 3 fully saturated rings. The van der Waals surface area contributed by atoms with Crippen molar-refractivity contribution in [3.05, 3.63) is 160 Å². The maximum atomic E-state index is 13.2. The maximum Gasteiger partial charge on any atom is 0.256 e. The van der Waals surface area contributed by atoms with E-state index in [9.17, 15) is 59.4 Å². The SMILES string of the molecule is CC(=O)c1c(O)cccc1OC[C@@H]1CCCCN1C(=O)c1cccnc1CO.CC(=O)c1c(O)cccc1OC[C@@H]1COCCN1C(=O)c1cccnc1CO.CC(=O)c1c(O)cccc1OC[C@H]1CSCCN1C(=O)c1cccnc1CCO. The van der Waals surface area contributed by atoms with E-state index >= 15 is 0 Å². The van der Waals surface area contributed by atoms with E-state index in [2.05, 4.69) is 15.0 Å². The molecule has 0 bridgehead atoms. The lowest BCUT2D eigenvalue weighted by Gasteiger charge is -2.36. The van der Waals surface area contributed by atoms with Crippen LogP contribution in [0.1, 0.15) is 119 Å². The highest BCUT2D eigenvalue weighted by atomic mass is 32.2. The van der Waals surface area contributed by atoms with E-state index in [1.54, 1.807) is 112 Å². The molecule has 0 unspecified atom stereocenters. The lowest BCUT2D eigenvalue weighted by molar-refractivity contribution is -0.0152. The first kappa shape index (κ1) is 64.1. The molecule has 0 saturated carbocycles. The van der Waals surface area contributed by atoms with Crippen LogP contribution in [0, 0.1) is 0 Å². The molecule has 3 aromatic carbocycles. The van der Waals surface area contributed by atoms with Crippen LogP contribution in [-0.4, -0.2) is 184 Å². The second kappa shape index (κ2) is 31.4. The Morgan fingerprint density at radius 3 is 1.41 bits per heavy atom. The molecular weight excluding hydrogens is 1120 g/mol. The number of likely N-dealkylation sites (tertiary alicyclic amines) is 1. The zero-order valence-corrected chi connectivity index (χ0v) is 48.3. The van der Waals surface area contributed by atoms with Crippen LogP contribution < -0.4 is 14.2 Å². The number of ketones is 3. The molecule has 3 aliphatic rings. The summed E-state index contributed by atoms with van der Waals surface area (Å²) in [4.78, 5) is 92.2. The highest BCUT2D eigenvalue weighted by Crippen LogP contribution is 2.32. The van der Waals surface area contributed by atoms with Crippen molar-refractivity contribution in [1.29, 1.82) is 0 Å². The number of aromatic nitrogens is 3. The third-order valence-electron chi connectivity index (χ3n) is 14.2. The molecule has 0 radical (unpaired) electrons. The van der Waals surface area contributed by atoms with Gasteiger partial charge in [0, 0.05) is 62.8 Å². The third-order valence-corrected chi connectivity index (χ3v) is 15.3. The number of benzene rings is 3. The zero-order chi connectivity index (χ0) is 61.0. The van der Waals surface area contributed by atoms with Gasteiger partial charge in [-0.05, 0) is 113 Å². The molecule has 9 rings (SSSR count). The number of aromatic hydroxyl groups is 3. The molecule has 6 heterocycles. The molecule has 85 heavy (non-hydrogen) atoms. The normalized spacial score (nSPS) is 16.6. The molecule has 0 aliphatic carbocycles. The topological polar surface area (TPSA) is 309 Å². The molecule has 3 saturated heterocycles. The van der Waals surface area contributed by atoms with Gasteiger partial charge in [0.05, 0.1) is 78.3 Å². The number of piperidine rings is 1. The summed E-state index contributed by atoms with van der Waals surface area (Å²) in [5.74, 6) is 0.523. The van der Waals surface area contributed by atoms with E-state index in [1.165, 1.54) is 45.2 Å². The number of amides is 3. The minimum absolute atomic E-state index is 0.0784. The summed E-state index contributed by atoms with van der Waals surface area (Å²) in [6, 6.07) is 23.3. The average molecular weight is 1190 g/mol. The Morgan fingerprint density at radius 2 is 0.953 bits per heavy atom. The van der Waals surface area contributed by atoms with Crippen LogP contribution >= 0.6 is 11.8 Å². The quantitative estimate of drug-likeness (QED) is 0.0498. The number of aliphatic hydroxyl groups excluding tert-OH is 3. The van der Waals surface area contributed by atoms with Crippen molar-refractivity contribution >= 4 is 46.8 Å². The number of hydrogen-bond donors (Lipinski definition) is 6. The van der Waals surface area contributed by atoms with Crippen LogP contribution in [-0.2, 0) is 24.4 Å². The monoisotopic (exact) mass is 1190 g/mol. The first-order chi connectivity index (χ1) is 41.1. The van der Waals surface area contributed by atoms with Crippen molar-refractivity contribution in [2.24, 2.45) is 0 Å². The summed E-state index contributed by atoms with van der Waals surface area (Å²) in [5, 5.41) is 58.0. The largest absolute Gasteiger partial charge is 0.507 e. The van der Waals surface area contributed by atoms with Gasteiger partial charge >= 0.3 is 0 Å².